The van der Waals surface area contributed by atoms with Gasteiger partial charge >= 0.3 is 0 Å². The largest absolute Gasteiger partial charge is 0.454 e. The van der Waals surface area contributed by atoms with E-state index in [4.69, 9.17) is 9.47 Å². The number of nitrogens with zero attached hydrogens (tertiary/aromatic N) is 3. The maximum absolute atomic E-state index is 13.1. The molecule has 0 fully saturated rings. The van der Waals surface area contributed by atoms with Crippen molar-refractivity contribution >= 4 is 11.6 Å². The van der Waals surface area contributed by atoms with Crippen molar-refractivity contribution < 1.29 is 18.7 Å². The van der Waals surface area contributed by atoms with Crippen LogP contribution in [0.25, 0.3) is 16.9 Å². The van der Waals surface area contributed by atoms with E-state index in [-0.39, 0.29) is 24.6 Å². The van der Waals surface area contributed by atoms with E-state index < -0.39 is 0 Å². The first-order chi connectivity index (χ1) is 14.6. The maximum Gasteiger partial charge on any atom is 0.257 e. The fourth-order valence-corrected chi connectivity index (χ4v) is 3.44. The molecule has 1 N–H and O–H groups in total. The fraction of sp³-hybridized carbons (Fsp3) is 0.136. The predicted molar refractivity (Wildman–Crippen MR) is 107 cm³/mol. The topological polar surface area (TPSA) is 77.8 Å². The van der Waals surface area contributed by atoms with Gasteiger partial charge < -0.3 is 14.8 Å². The number of rotatable bonds is 4. The minimum atomic E-state index is -0.319. The van der Waals surface area contributed by atoms with Gasteiger partial charge in [-0.15, -0.1) is 0 Å². The van der Waals surface area contributed by atoms with Gasteiger partial charge in [0.15, 0.2) is 17.1 Å². The summed E-state index contributed by atoms with van der Waals surface area (Å²) >= 11 is 0. The van der Waals surface area contributed by atoms with Crippen LogP contribution in [-0.4, -0.2) is 27.3 Å². The molecule has 0 radical (unpaired) electrons. The highest BCUT2D eigenvalue weighted by atomic mass is 19.1. The molecular formula is C22H17FN4O3. The SMILES string of the molecule is CC(NC(=O)c1cnn2c(-c3ccc4c(c3)OCO4)ccnc12)c1ccc(F)cc1. The first-order valence-corrected chi connectivity index (χ1v) is 9.39. The van der Waals surface area contributed by atoms with Gasteiger partial charge in [-0.1, -0.05) is 12.1 Å². The molecule has 7 nitrogen and oxygen atoms in total. The van der Waals surface area contributed by atoms with Crippen LogP contribution in [0.2, 0.25) is 0 Å². The second kappa shape index (κ2) is 7.14. The molecular weight excluding hydrogens is 387 g/mol. The second-order valence-electron chi connectivity index (χ2n) is 6.94. The van der Waals surface area contributed by atoms with E-state index in [1.54, 1.807) is 22.8 Å². The van der Waals surface area contributed by atoms with Gasteiger partial charge in [-0.05, 0) is 48.9 Å². The first kappa shape index (κ1) is 18.1. The number of aromatic nitrogens is 3. The Morgan fingerprint density at radius 1 is 1.13 bits per heavy atom. The average Bonchev–Trinajstić information content (AvgIpc) is 3.40. The Morgan fingerprint density at radius 3 is 2.77 bits per heavy atom. The molecule has 5 rings (SSSR count). The number of hydrogen-bond donors (Lipinski definition) is 1. The van der Waals surface area contributed by atoms with Crippen molar-refractivity contribution in [3.63, 3.8) is 0 Å². The van der Waals surface area contributed by atoms with Crippen LogP contribution in [0.1, 0.15) is 28.9 Å². The van der Waals surface area contributed by atoms with Crippen molar-refractivity contribution in [2.24, 2.45) is 0 Å². The van der Waals surface area contributed by atoms with Crippen molar-refractivity contribution in [2.75, 3.05) is 6.79 Å². The van der Waals surface area contributed by atoms with Gasteiger partial charge in [0.2, 0.25) is 6.79 Å². The van der Waals surface area contributed by atoms with E-state index in [0.29, 0.717) is 22.7 Å². The number of halogens is 1. The van der Waals surface area contributed by atoms with Crippen LogP contribution in [0.15, 0.2) is 60.9 Å². The van der Waals surface area contributed by atoms with Crippen LogP contribution in [0.3, 0.4) is 0 Å². The molecule has 1 atom stereocenters. The first-order valence-electron chi connectivity index (χ1n) is 9.39. The molecule has 1 aliphatic heterocycles. The van der Waals surface area contributed by atoms with Gasteiger partial charge in [0, 0.05) is 11.8 Å². The van der Waals surface area contributed by atoms with Gasteiger partial charge in [-0.3, -0.25) is 4.79 Å². The normalized spacial score (nSPS) is 13.4. The lowest BCUT2D eigenvalue weighted by molar-refractivity contribution is 0.0941. The van der Waals surface area contributed by atoms with E-state index in [1.165, 1.54) is 18.3 Å². The zero-order valence-corrected chi connectivity index (χ0v) is 16.0. The third kappa shape index (κ3) is 3.12. The number of carbonyl (C=O) groups is 1. The summed E-state index contributed by atoms with van der Waals surface area (Å²) in [5.74, 6) is 0.729. The summed E-state index contributed by atoms with van der Waals surface area (Å²) < 4.78 is 25.6. The molecule has 8 heteroatoms. The van der Waals surface area contributed by atoms with E-state index >= 15 is 0 Å². The van der Waals surface area contributed by atoms with Crippen LogP contribution in [0, 0.1) is 5.82 Å². The lowest BCUT2D eigenvalue weighted by atomic mass is 10.1. The summed E-state index contributed by atoms with van der Waals surface area (Å²) in [6.07, 6.45) is 3.13. The Kier molecular flexibility index (Phi) is 4.31. The second-order valence-corrected chi connectivity index (χ2v) is 6.94. The summed E-state index contributed by atoms with van der Waals surface area (Å²) in [5.41, 5.74) is 3.22. The summed E-state index contributed by atoms with van der Waals surface area (Å²) in [5, 5.41) is 7.29. The molecule has 0 saturated heterocycles. The van der Waals surface area contributed by atoms with Crippen LogP contribution in [0.4, 0.5) is 4.39 Å². The number of benzene rings is 2. The zero-order chi connectivity index (χ0) is 20.7. The van der Waals surface area contributed by atoms with Gasteiger partial charge in [-0.2, -0.15) is 5.10 Å². The molecule has 1 aliphatic rings. The van der Waals surface area contributed by atoms with E-state index in [0.717, 1.165) is 16.8 Å². The van der Waals surface area contributed by atoms with Crippen molar-refractivity contribution in [3.05, 3.63) is 77.9 Å². The monoisotopic (exact) mass is 404 g/mol. The maximum atomic E-state index is 13.1. The number of hydrogen-bond acceptors (Lipinski definition) is 5. The zero-order valence-electron chi connectivity index (χ0n) is 16.0. The number of fused-ring (bicyclic) bond motifs is 2. The molecule has 1 unspecified atom stereocenters. The average molecular weight is 404 g/mol. The van der Waals surface area contributed by atoms with Gasteiger partial charge in [0.05, 0.1) is 17.9 Å². The standard InChI is InChI=1S/C22H17FN4O3/c1-13(14-2-5-16(23)6-3-14)26-22(28)17-11-25-27-18(8-9-24-21(17)27)15-4-7-19-20(10-15)30-12-29-19/h2-11,13H,12H2,1H3,(H,26,28). The van der Waals surface area contributed by atoms with E-state index in [2.05, 4.69) is 15.4 Å². The highest BCUT2D eigenvalue weighted by molar-refractivity contribution is 6.00. The van der Waals surface area contributed by atoms with Crippen molar-refractivity contribution in [1.82, 2.24) is 19.9 Å². The Labute approximate surface area is 171 Å². The molecule has 1 amide bonds. The Bertz CT molecular complexity index is 1250. The van der Waals surface area contributed by atoms with Crippen molar-refractivity contribution in [2.45, 2.75) is 13.0 Å². The molecule has 150 valence electrons. The molecule has 30 heavy (non-hydrogen) atoms. The van der Waals surface area contributed by atoms with E-state index in [9.17, 15) is 9.18 Å². The highest BCUT2D eigenvalue weighted by Crippen LogP contribution is 2.35. The highest BCUT2D eigenvalue weighted by Gasteiger charge is 2.20. The Morgan fingerprint density at radius 2 is 1.93 bits per heavy atom. The van der Waals surface area contributed by atoms with Gasteiger partial charge in [0.25, 0.3) is 5.91 Å². The van der Waals surface area contributed by atoms with Gasteiger partial charge in [0.1, 0.15) is 11.4 Å². The Balaban J connectivity index is 1.46. The molecule has 2 aromatic carbocycles. The number of amides is 1. The molecule has 2 aromatic heterocycles. The smallest absolute Gasteiger partial charge is 0.257 e. The number of carbonyl (C=O) groups excluding carboxylic acids is 1. The van der Waals surface area contributed by atoms with Crippen molar-refractivity contribution in [1.29, 1.82) is 0 Å². The Hall–Kier alpha value is -3.94. The predicted octanol–water partition coefficient (Wildman–Crippen LogP) is 3.76. The molecule has 0 saturated carbocycles. The van der Waals surface area contributed by atoms with Crippen LogP contribution in [-0.2, 0) is 0 Å². The summed E-state index contributed by atoms with van der Waals surface area (Å²) in [7, 11) is 0. The lowest BCUT2D eigenvalue weighted by Gasteiger charge is -2.13. The molecule has 0 bridgehead atoms. The molecule has 0 spiro atoms. The van der Waals surface area contributed by atoms with Gasteiger partial charge in [-0.25, -0.2) is 13.9 Å². The third-order valence-electron chi connectivity index (χ3n) is 5.03. The molecule has 3 heterocycles. The summed E-state index contributed by atoms with van der Waals surface area (Å²) in [6, 6.07) is 13.2. The number of nitrogens with one attached hydrogen (secondary N) is 1. The van der Waals surface area contributed by atoms with Crippen molar-refractivity contribution in [3.8, 4) is 22.8 Å². The molecule has 4 aromatic rings. The van der Waals surface area contributed by atoms with Crippen LogP contribution < -0.4 is 14.8 Å². The summed E-state index contributed by atoms with van der Waals surface area (Å²) in [4.78, 5) is 17.2. The minimum absolute atomic E-state index is 0.197. The fourth-order valence-electron chi connectivity index (χ4n) is 3.44. The van der Waals surface area contributed by atoms with Crippen LogP contribution >= 0.6 is 0 Å². The quantitative estimate of drug-likeness (QED) is 0.561. The minimum Gasteiger partial charge on any atom is -0.454 e. The third-order valence-corrected chi connectivity index (χ3v) is 5.03. The van der Waals surface area contributed by atoms with Crippen LogP contribution in [0.5, 0.6) is 11.5 Å². The van der Waals surface area contributed by atoms with E-state index in [1.807, 2.05) is 31.2 Å². The lowest BCUT2D eigenvalue weighted by Crippen LogP contribution is -2.26. The number of ether oxygens (including phenoxy) is 2. The molecule has 0 aliphatic carbocycles. The summed E-state index contributed by atoms with van der Waals surface area (Å²) in [6.45, 7) is 2.03.